The topological polar surface area (TPSA) is 91.7 Å². The molecule has 0 spiro atoms. The van der Waals surface area contributed by atoms with Gasteiger partial charge in [0, 0.05) is 12.1 Å². The molecule has 0 aromatic carbocycles. The molecule has 2 rings (SSSR count). The van der Waals surface area contributed by atoms with E-state index in [9.17, 15) is 9.90 Å². The third-order valence-corrected chi connectivity index (χ3v) is 4.08. The molecular weight excluding hydrogens is 258 g/mol. The maximum absolute atomic E-state index is 11.4. The van der Waals surface area contributed by atoms with E-state index in [1.165, 1.54) is 0 Å². The van der Waals surface area contributed by atoms with Crippen LogP contribution in [0.25, 0.3) is 0 Å². The average Bonchev–Trinajstić information content (AvgIpc) is 2.80. The number of nitrogens with two attached hydrogens (primary N) is 1. The van der Waals surface area contributed by atoms with Crippen molar-refractivity contribution < 1.29 is 14.3 Å². The molecule has 0 saturated carbocycles. The molecule has 1 saturated heterocycles. The van der Waals surface area contributed by atoms with Gasteiger partial charge in [-0.25, -0.2) is 5.84 Å². The van der Waals surface area contributed by atoms with Gasteiger partial charge in [-0.05, 0) is 51.8 Å². The molecule has 6 heteroatoms. The molecule has 1 fully saturated rings. The van der Waals surface area contributed by atoms with Crippen molar-refractivity contribution in [2.75, 3.05) is 13.1 Å². The van der Waals surface area contributed by atoms with Gasteiger partial charge in [0.15, 0.2) is 5.76 Å². The molecule has 2 heterocycles. The number of furan rings is 1. The van der Waals surface area contributed by atoms with Gasteiger partial charge >= 0.3 is 5.91 Å². The number of hydrogen-bond acceptors (Lipinski definition) is 5. The lowest BCUT2D eigenvalue weighted by molar-refractivity contribution is 0.0694. The summed E-state index contributed by atoms with van der Waals surface area (Å²) in [5, 5.41) is 9.60. The van der Waals surface area contributed by atoms with Crippen LogP contribution in [-0.2, 0) is 6.54 Å². The largest absolute Gasteiger partial charge is 0.456 e. The van der Waals surface area contributed by atoms with E-state index in [-0.39, 0.29) is 11.9 Å². The maximum Gasteiger partial charge on any atom is 0.300 e. The first-order valence-electron chi connectivity index (χ1n) is 7.02. The smallest absolute Gasteiger partial charge is 0.300 e. The molecule has 6 nitrogen and oxygen atoms in total. The fourth-order valence-corrected chi connectivity index (χ4v) is 2.69. The average molecular weight is 281 g/mol. The van der Waals surface area contributed by atoms with Crippen LogP contribution in [0.1, 0.15) is 41.6 Å². The number of nitrogens with zero attached hydrogens (tertiary/aromatic N) is 1. The number of nitrogens with one attached hydrogen (secondary N) is 1. The number of rotatable bonds is 4. The highest BCUT2D eigenvalue weighted by Crippen LogP contribution is 2.23. The molecule has 1 aliphatic rings. The molecule has 20 heavy (non-hydrogen) atoms. The molecule has 1 aromatic heterocycles. The number of amides is 1. The maximum atomic E-state index is 11.4. The number of aliphatic hydroxyl groups is 1. The number of aliphatic hydroxyl groups excluding tert-OH is 1. The van der Waals surface area contributed by atoms with Crippen LogP contribution < -0.4 is 11.3 Å². The minimum atomic E-state index is -0.410. The first kappa shape index (κ1) is 15.0. The Labute approximate surface area is 118 Å². The van der Waals surface area contributed by atoms with E-state index < -0.39 is 5.91 Å². The predicted octanol–water partition coefficient (Wildman–Crippen LogP) is 0.784. The van der Waals surface area contributed by atoms with Crippen LogP contribution in [0, 0.1) is 12.8 Å². The van der Waals surface area contributed by atoms with Crippen molar-refractivity contribution >= 4 is 5.91 Å². The van der Waals surface area contributed by atoms with Crippen molar-refractivity contribution in [1.29, 1.82) is 0 Å². The molecule has 0 bridgehead atoms. The Kier molecular flexibility index (Phi) is 4.80. The number of carbonyl (C=O) groups is 1. The zero-order chi connectivity index (χ0) is 14.7. The molecule has 1 unspecified atom stereocenters. The third-order valence-electron chi connectivity index (χ3n) is 4.08. The van der Waals surface area contributed by atoms with Crippen molar-refractivity contribution in [2.45, 2.75) is 39.3 Å². The van der Waals surface area contributed by atoms with Crippen molar-refractivity contribution in [3.05, 3.63) is 23.2 Å². The van der Waals surface area contributed by atoms with E-state index in [0.29, 0.717) is 5.92 Å². The number of carbonyl (C=O) groups excluding carboxylic acids is 1. The van der Waals surface area contributed by atoms with Gasteiger partial charge in [-0.3, -0.25) is 15.1 Å². The first-order chi connectivity index (χ1) is 9.51. The summed E-state index contributed by atoms with van der Waals surface area (Å²) in [6.45, 7) is 6.39. The Hall–Kier alpha value is -1.37. The molecule has 1 atom stereocenters. The minimum absolute atomic E-state index is 0.229. The normalized spacial score (nSPS) is 19.0. The summed E-state index contributed by atoms with van der Waals surface area (Å²) in [5.74, 6) is 6.09. The number of aryl methyl sites for hydroxylation is 1. The predicted molar refractivity (Wildman–Crippen MR) is 74.8 cm³/mol. The van der Waals surface area contributed by atoms with Crippen LogP contribution in [-0.4, -0.2) is 35.1 Å². The second kappa shape index (κ2) is 6.39. The molecule has 1 aromatic rings. The first-order valence-corrected chi connectivity index (χ1v) is 7.02. The quantitative estimate of drug-likeness (QED) is 0.431. The van der Waals surface area contributed by atoms with E-state index >= 15 is 0 Å². The second-order valence-corrected chi connectivity index (χ2v) is 5.52. The Balaban J connectivity index is 1.94. The summed E-state index contributed by atoms with van der Waals surface area (Å²) in [7, 11) is 0. The van der Waals surface area contributed by atoms with Crippen LogP contribution in [0.4, 0.5) is 0 Å². The van der Waals surface area contributed by atoms with E-state index in [1.54, 1.807) is 6.07 Å². The lowest BCUT2D eigenvalue weighted by Crippen LogP contribution is -2.36. The van der Waals surface area contributed by atoms with Crippen LogP contribution in [0.5, 0.6) is 0 Å². The van der Waals surface area contributed by atoms with Crippen molar-refractivity contribution in [1.82, 2.24) is 10.3 Å². The lowest BCUT2D eigenvalue weighted by Gasteiger charge is -2.33. The van der Waals surface area contributed by atoms with Crippen LogP contribution in [0.15, 0.2) is 10.5 Å². The Bertz CT molecular complexity index is 462. The molecule has 1 amide bonds. The van der Waals surface area contributed by atoms with E-state index in [4.69, 9.17) is 10.3 Å². The number of hydrazine groups is 1. The second-order valence-electron chi connectivity index (χ2n) is 5.52. The Morgan fingerprint density at radius 2 is 2.25 bits per heavy atom. The highest BCUT2D eigenvalue weighted by molar-refractivity contribution is 5.91. The molecular formula is C14H23N3O3. The van der Waals surface area contributed by atoms with Crippen molar-refractivity contribution in [3.63, 3.8) is 0 Å². The van der Waals surface area contributed by atoms with Gasteiger partial charge in [0.25, 0.3) is 0 Å². The molecule has 0 radical (unpaired) electrons. The van der Waals surface area contributed by atoms with Gasteiger partial charge in [0.05, 0.1) is 6.10 Å². The van der Waals surface area contributed by atoms with Crippen LogP contribution in [0.2, 0.25) is 0 Å². The van der Waals surface area contributed by atoms with E-state index in [1.807, 2.05) is 13.8 Å². The fraction of sp³-hybridized carbons (Fsp3) is 0.643. The summed E-state index contributed by atoms with van der Waals surface area (Å²) in [6.07, 6.45) is 1.78. The highest BCUT2D eigenvalue weighted by atomic mass is 16.4. The zero-order valence-electron chi connectivity index (χ0n) is 12.1. The van der Waals surface area contributed by atoms with Gasteiger partial charge in [-0.1, -0.05) is 0 Å². The molecule has 4 N–H and O–H groups in total. The number of likely N-dealkylation sites (tertiary alicyclic amines) is 1. The minimum Gasteiger partial charge on any atom is -0.456 e. The standard InChI is InChI=1S/C14H23N3O3/c1-9(18)11-3-5-17(6-4-11)8-12-7-13(14(19)16-15)20-10(12)2/h7,9,11,18H,3-6,8,15H2,1-2H3,(H,16,19). The van der Waals surface area contributed by atoms with E-state index in [2.05, 4.69) is 10.3 Å². The summed E-state index contributed by atoms with van der Waals surface area (Å²) in [5.41, 5.74) is 3.08. The van der Waals surface area contributed by atoms with Gasteiger partial charge < -0.3 is 9.52 Å². The van der Waals surface area contributed by atoms with E-state index in [0.717, 1.165) is 43.8 Å². The zero-order valence-corrected chi connectivity index (χ0v) is 12.1. The van der Waals surface area contributed by atoms with Gasteiger partial charge in [-0.15, -0.1) is 0 Å². The van der Waals surface area contributed by atoms with Crippen molar-refractivity contribution in [3.8, 4) is 0 Å². The summed E-state index contributed by atoms with van der Waals surface area (Å²) in [4.78, 5) is 13.7. The highest BCUT2D eigenvalue weighted by Gasteiger charge is 2.23. The molecule has 0 aliphatic carbocycles. The fourth-order valence-electron chi connectivity index (χ4n) is 2.69. The van der Waals surface area contributed by atoms with Crippen LogP contribution in [0.3, 0.4) is 0 Å². The summed E-state index contributed by atoms with van der Waals surface area (Å²) < 4.78 is 5.41. The van der Waals surface area contributed by atoms with Crippen LogP contribution >= 0.6 is 0 Å². The van der Waals surface area contributed by atoms with Crippen molar-refractivity contribution in [2.24, 2.45) is 11.8 Å². The Morgan fingerprint density at radius 3 is 2.80 bits per heavy atom. The summed E-state index contributed by atoms with van der Waals surface area (Å²) >= 11 is 0. The molecule has 112 valence electrons. The monoisotopic (exact) mass is 281 g/mol. The lowest BCUT2D eigenvalue weighted by atomic mass is 9.92. The third kappa shape index (κ3) is 3.39. The molecule has 1 aliphatic heterocycles. The SMILES string of the molecule is Cc1oc(C(=O)NN)cc1CN1CCC(C(C)O)CC1. The number of nitrogen functional groups attached to an aromatic ring is 1. The summed E-state index contributed by atoms with van der Waals surface area (Å²) in [6, 6.07) is 1.75. The van der Waals surface area contributed by atoms with Gasteiger partial charge in [-0.2, -0.15) is 0 Å². The van der Waals surface area contributed by atoms with Gasteiger partial charge in [0.2, 0.25) is 0 Å². The number of hydrogen-bond donors (Lipinski definition) is 3. The number of piperidine rings is 1. The Morgan fingerprint density at radius 1 is 1.60 bits per heavy atom. The van der Waals surface area contributed by atoms with Gasteiger partial charge in [0.1, 0.15) is 5.76 Å².